The van der Waals surface area contributed by atoms with Crippen LogP contribution in [0.25, 0.3) is 22.0 Å². The van der Waals surface area contributed by atoms with Gasteiger partial charge in [0, 0.05) is 24.2 Å². The van der Waals surface area contributed by atoms with Gasteiger partial charge in [-0.05, 0) is 81.6 Å². The number of aromatic nitrogens is 1. The minimum absolute atomic E-state index is 0.0197. The predicted molar refractivity (Wildman–Crippen MR) is 137 cm³/mol. The lowest BCUT2D eigenvalue weighted by Gasteiger charge is -2.32. The zero-order valence-corrected chi connectivity index (χ0v) is 20.7. The Balaban J connectivity index is 1.76. The molecule has 0 aliphatic heterocycles. The number of aromatic hydroxyl groups is 1. The molecule has 1 saturated carbocycles. The molecule has 1 fully saturated rings. The predicted octanol–water partition coefficient (Wildman–Crippen LogP) is 6.65. The molecule has 174 valence electrons. The van der Waals surface area contributed by atoms with Gasteiger partial charge in [0.2, 0.25) is 0 Å². The Morgan fingerprint density at radius 3 is 2.55 bits per heavy atom. The molecule has 1 aliphatic rings. The quantitative estimate of drug-likeness (QED) is 0.382. The number of nitrogens with one attached hydrogen (secondary N) is 1. The first kappa shape index (κ1) is 23.8. The van der Waals surface area contributed by atoms with Crippen molar-refractivity contribution >= 4 is 45.6 Å². The average Bonchev–Trinajstić information content (AvgIpc) is 2.76. The number of nitrogens with zero attached hydrogens (tertiary/aromatic N) is 2. The molecular weight excluding hydrogens is 457 g/mol. The van der Waals surface area contributed by atoms with Gasteiger partial charge in [0.15, 0.2) is 11.5 Å². The van der Waals surface area contributed by atoms with E-state index >= 15 is 0 Å². The van der Waals surface area contributed by atoms with Crippen molar-refractivity contribution in [1.29, 1.82) is 0 Å². The van der Waals surface area contributed by atoms with Crippen LogP contribution < -0.4 is 5.32 Å². The van der Waals surface area contributed by atoms with Crippen molar-refractivity contribution in [2.75, 3.05) is 26.0 Å². The second-order valence-electron chi connectivity index (χ2n) is 9.26. The van der Waals surface area contributed by atoms with Crippen molar-refractivity contribution in [3.05, 3.63) is 52.1 Å². The summed E-state index contributed by atoms with van der Waals surface area (Å²) in [4.78, 5) is 19.3. The molecule has 7 heteroatoms. The van der Waals surface area contributed by atoms with Gasteiger partial charge >= 0.3 is 0 Å². The number of pyridine rings is 1. The number of ketones is 1. The third-order valence-electron chi connectivity index (χ3n) is 6.35. The molecule has 1 heterocycles. The molecule has 33 heavy (non-hydrogen) atoms. The number of hydrogen-bond donors (Lipinski definition) is 2. The Morgan fingerprint density at radius 1 is 1.15 bits per heavy atom. The molecule has 2 aromatic carbocycles. The number of Topliss-reactive ketones (excluding diaryl/α,β-unsaturated/α-hetero) is 1. The van der Waals surface area contributed by atoms with E-state index in [0.29, 0.717) is 17.5 Å². The molecule has 2 atom stereocenters. The number of rotatable bonds is 6. The summed E-state index contributed by atoms with van der Waals surface area (Å²) in [6, 6.07) is 9.56. The molecule has 5 nitrogen and oxygen atoms in total. The van der Waals surface area contributed by atoms with Crippen LogP contribution in [0, 0.1) is 5.92 Å². The van der Waals surface area contributed by atoms with Crippen LogP contribution in [0.15, 0.2) is 36.5 Å². The van der Waals surface area contributed by atoms with Crippen LogP contribution in [-0.2, 0) is 0 Å². The number of phenols is 1. The number of halogens is 2. The minimum Gasteiger partial charge on any atom is -0.505 e. The Hall–Kier alpha value is -2.34. The number of benzene rings is 2. The molecule has 0 spiro atoms. The molecule has 1 aliphatic carbocycles. The maximum atomic E-state index is 12.5. The van der Waals surface area contributed by atoms with Crippen LogP contribution in [-0.4, -0.2) is 47.5 Å². The topological polar surface area (TPSA) is 65.5 Å². The van der Waals surface area contributed by atoms with Crippen LogP contribution in [0.5, 0.6) is 5.75 Å². The highest BCUT2D eigenvalue weighted by Crippen LogP contribution is 2.38. The fourth-order valence-electron chi connectivity index (χ4n) is 4.84. The molecule has 3 aromatic rings. The van der Waals surface area contributed by atoms with Gasteiger partial charge in [0.25, 0.3) is 0 Å². The minimum atomic E-state index is -0.129. The summed E-state index contributed by atoms with van der Waals surface area (Å²) < 4.78 is 0. The van der Waals surface area contributed by atoms with E-state index in [1.165, 1.54) is 12.8 Å². The van der Waals surface area contributed by atoms with E-state index in [1.54, 1.807) is 25.3 Å². The summed E-state index contributed by atoms with van der Waals surface area (Å²) in [5.74, 6) is 0.487. The van der Waals surface area contributed by atoms with Crippen molar-refractivity contribution in [2.24, 2.45) is 5.92 Å². The lowest BCUT2D eigenvalue weighted by Crippen LogP contribution is -2.32. The van der Waals surface area contributed by atoms with Crippen LogP contribution in [0.2, 0.25) is 10.0 Å². The van der Waals surface area contributed by atoms with Crippen molar-refractivity contribution in [3.8, 4) is 16.9 Å². The van der Waals surface area contributed by atoms with Gasteiger partial charge in [0.05, 0.1) is 26.8 Å². The van der Waals surface area contributed by atoms with E-state index in [1.807, 2.05) is 18.2 Å². The lowest BCUT2D eigenvalue weighted by molar-refractivity contribution is 0.101. The summed E-state index contributed by atoms with van der Waals surface area (Å²) in [7, 11) is 4.23. The third kappa shape index (κ3) is 5.26. The highest BCUT2D eigenvalue weighted by molar-refractivity contribution is 6.37. The average molecular weight is 486 g/mol. The molecule has 4 rings (SSSR count). The first-order valence-electron chi connectivity index (χ1n) is 11.3. The summed E-state index contributed by atoms with van der Waals surface area (Å²) >= 11 is 12.3. The zero-order valence-electron chi connectivity index (χ0n) is 19.2. The Labute approximate surface area is 204 Å². The highest BCUT2D eigenvalue weighted by Gasteiger charge is 2.24. The number of anilines is 1. The molecular formula is C26H29Cl2N3O2. The molecule has 0 bridgehead atoms. The first-order chi connectivity index (χ1) is 15.7. The van der Waals surface area contributed by atoms with Gasteiger partial charge in [-0.3, -0.25) is 9.78 Å². The van der Waals surface area contributed by atoms with Crippen LogP contribution >= 0.6 is 23.2 Å². The van der Waals surface area contributed by atoms with E-state index in [9.17, 15) is 9.90 Å². The molecule has 0 unspecified atom stereocenters. The summed E-state index contributed by atoms with van der Waals surface area (Å²) in [6.07, 6.45) is 6.22. The van der Waals surface area contributed by atoms with Gasteiger partial charge < -0.3 is 15.3 Å². The third-order valence-corrected chi connectivity index (χ3v) is 6.93. The van der Waals surface area contributed by atoms with Gasteiger partial charge in [-0.2, -0.15) is 0 Å². The Kier molecular flexibility index (Phi) is 7.13. The number of phenolic OH excluding ortho intramolecular Hbond substituents is 1. The van der Waals surface area contributed by atoms with Crippen molar-refractivity contribution in [1.82, 2.24) is 9.88 Å². The number of carbonyl (C=O) groups is 1. The second kappa shape index (κ2) is 9.88. The zero-order chi connectivity index (χ0) is 23.7. The molecule has 0 radical (unpaired) electrons. The fourth-order valence-corrected chi connectivity index (χ4v) is 5.32. The van der Waals surface area contributed by atoms with Crippen molar-refractivity contribution in [3.63, 3.8) is 0 Å². The van der Waals surface area contributed by atoms with Crippen molar-refractivity contribution < 1.29 is 9.90 Å². The highest BCUT2D eigenvalue weighted by atomic mass is 35.5. The van der Waals surface area contributed by atoms with E-state index in [4.69, 9.17) is 23.2 Å². The van der Waals surface area contributed by atoms with Gasteiger partial charge in [0.1, 0.15) is 0 Å². The molecule has 0 amide bonds. The van der Waals surface area contributed by atoms with E-state index in [0.717, 1.165) is 47.1 Å². The molecule has 2 N–H and O–H groups in total. The van der Waals surface area contributed by atoms with E-state index in [-0.39, 0.29) is 21.6 Å². The number of hydrogen-bond acceptors (Lipinski definition) is 5. The maximum Gasteiger partial charge on any atom is 0.163 e. The van der Waals surface area contributed by atoms with Crippen LogP contribution in [0.1, 0.15) is 43.0 Å². The Bertz CT molecular complexity index is 1170. The van der Waals surface area contributed by atoms with E-state index in [2.05, 4.69) is 29.3 Å². The summed E-state index contributed by atoms with van der Waals surface area (Å²) in [5, 5.41) is 14.9. The molecule has 0 saturated heterocycles. The Morgan fingerprint density at radius 2 is 1.88 bits per heavy atom. The van der Waals surface area contributed by atoms with Crippen LogP contribution in [0.3, 0.4) is 0 Å². The standard InChI is InChI=1S/C26H29Cl2N3O2/c1-15(32)21-13-29-24-8-7-17(18-11-22(27)26(33)23(28)12-18)10-20(24)25(21)30-19-6-4-5-16(9-19)14-31(2)3/h7-8,10-13,16,19,33H,4-6,9,14H2,1-3H3,(H,29,30)/t16-,19-/m1/s1. The first-order valence-corrected chi connectivity index (χ1v) is 12.0. The number of fused-ring (bicyclic) bond motifs is 1. The monoisotopic (exact) mass is 485 g/mol. The lowest BCUT2D eigenvalue weighted by atomic mass is 9.85. The van der Waals surface area contributed by atoms with Gasteiger partial charge in [-0.15, -0.1) is 0 Å². The molecule has 1 aromatic heterocycles. The number of carbonyl (C=O) groups excluding carboxylic acids is 1. The largest absolute Gasteiger partial charge is 0.505 e. The van der Waals surface area contributed by atoms with Gasteiger partial charge in [-0.25, -0.2) is 0 Å². The van der Waals surface area contributed by atoms with Crippen LogP contribution in [0.4, 0.5) is 5.69 Å². The maximum absolute atomic E-state index is 12.5. The second-order valence-corrected chi connectivity index (χ2v) is 10.1. The fraction of sp³-hybridized carbons (Fsp3) is 0.385. The SMILES string of the molecule is CC(=O)c1cnc2ccc(-c3cc(Cl)c(O)c(Cl)c3)cc2c1N[C@@H]1CCC[C@@H](CN(C)C)C1. The normalized spacial score (nSPS) is 18.6. The summed E-state index contributed by atoms with van der Waals surface area (Å²) in [5.41, 5.74) is 3.90. The summed E-state index contributed by atoms with van der Waals surface area (Å²) in [6.45, 7) is 2.65. The van der Waals surface area contributed by atoms with Crippen molar-refractivity contribution in [2.45, 2.75) is 38.6 Å². The smallest absolute Gasteiger partial charge is 0.163 e. The van der Waals surface area contributed by atoms with Gasteiger partial charge in [-0.1, -0.05) is 35.7 Å². The van der Waals surface area contributed by atoms with E-state index < -0.39 is 0 Å².